The molecule has 0 spiro atoms. The van der Waals surface area contributed by atoms with Gasteiger partial charge in [-0.25, -0.2) is 4.98 Å². The number of benzene rings is 2. The van der Waals surface area contributed by atoms with Crippen LogP contribution in [0.5, 0.6) is 0 Å². The fourth-order valence-electron chi connectivity index (χ4n) is 3.71. The van der Waals surface area contributed by atoms with E-state index in [9.17, 15) is 0 Å². The summed E-state index contributed by atoms with van der Waals surface area (Å²) in [7, 11) is 1.92. The highest BCUT2D eigenvalue weighted by atomic mass is 35.5. The molecule has 6 nitrogen and oxygen atoms in total. The van der Waals surface area contributed by atoms with Gasteiger partial charge in [0, 0.05) is 28.2 Å². The first-order valence-electron chi connectivity index (χ1n) is 9.69. The van der Waals surface area contributed by atoms with E-state index in [1.807, 2.05) is 64.7 Å². The summed E-state index contributed by atoms with van der Waals surface area (Å²) in [5.41, 5.74) is 5.22. The van der Waals surface area contributed by atoms with Crippen LogP contribution in [0.15, 0.2) is 48.5 Å². The number of nitrogens with zero attached hydrogens (tertiary/aromatic N) is 6. The van der Waals surface area contributed by atoms with Gasteiger partial charge in [-0.1, -0.05) is 36.5 Å². The first kappa shape index (κ1) is 19.0. The van der Waals surface area contributed by atoms with Crippen molar-refractivity contribution in [3.63, 3.8) is 0 Å². The highest BCUT2D eigenvalue weighted by Gasteiger charge is 2.22. The molecule has 3 heterocycles. The summed E-state index contributed by atoms with van der Waals surface area (Å²) in [5.74, 6) is 1.44. The molecule has 5 rings (SSSR count). The predicted molar refractivity (Wildman–Crippen MR) is 120 cm³/mol. The number of hydrogen-bond donors (Lipinski definition) is 0. The van der Waals surface area contributed by atoms with Crippen molar-refractivity contribution in [1.29, 1.82) is 0 Å². The Kier molecular flexibility index (Phi) is 4.68. The normalized spacial score (nSPS) is 11.6. The maximum Gasteiger partial charge on any atom is 0.190 e. The molecule has 0 saturated carbocycles. The van der Waals surface area contributed by atoms with Gasteiger partial charge in [-0.15, -0.1) is 10.2 Å². The largest absolute Gasteiger partial charge is 0.262 e. The van der Waals surface area contributed by atoms with Crippen molar-refractivity contribution in [2.24, 2.45) is 7.05 Å². The number of hydrogen-bond acceptors (Lipinski definition) is 4. The molecule has 0 aliphatic heterocycles. The van der Waals surface area contributed by atoms with Crippen LogP contribution >= 0.6 is 23.2 Å². The molecule has 0 aliphatic carbocycles. The molecular weight excluding hydrogens is 419 g/mol. The molecular formula is C22H18Cl2N6. The summed E-state index contributed by atoms with van der Waals surface area (Å²) in [4.78, 5) is 5.05. The average molecular weight is 437 g/mol. The second-order valence-corrected chi connectivity index (χ2v) is 8.02. The van der Waals surface area contributed by atoms with Crippen LogP contribution in [0.4, 0.5) is 0 Å². The fourth-order valence-corrected chi connectivity index (χ4v) is 3.97. The van der Waals surface area contributed by atoms with Crippen molar-refractivity contribution >= 4 is 39.9 Å². The van der Waals surface area contributed by atoms with E-state index in [1.54, 1.807) is 0 Å². The maximum atomic E-state index is 6.13. The lowest BCUT2D eigenvalue weighted by Gasteiger charge is -2.09. The third kappa shape index (κ3) is 3.04. The van der Waals surface area contributed by atoms with Gasteiger partial charge in [0.15, 0.2) is 11.5 Å². The van der Waals surface area contributed by atoms with Gasteiger partial charge in [0.25, 0.3) is 0 Å². The quantitative estimate of drug-likeness (QED) is 0.367. The van der Waals surface area contributed by atoms with Crippen molar-refractivity contribution in [3.05, 3.63) is 64.3 Å². The summed E-state index contributed by atoms with van der Waals surface area (Å²) in [6.45, 7) is 2.13. The first-order chi connectivity index (χ1) is 14.6. The second-order valence-electron chi connectivity index (χ2n) is 7.15. The Bertz CT molecular complexity index is 1370. The molecule has 0 radical (unpaired) electrons. The van der Waals surface area contributed by atoms with Crippen molar-refractivity contribution in [1.82, 2.24) is 29.4 Å². The van der Waals surface area contributed by atoms with E-state index in [4.69, 9.17) is 33.3 Å². The van der Waals surface area contributed by atoms with Gasteiger partial charge in [0.05, 0.1) is 5.69 Å². The lowest BCUT2D eigenvalue weighted by Crippen LogP contribution is -2.01. The van der Waals surface area contributed by atoms with Gasteiger partial charge in [-0.05, 0) is 55.0 Å². The lowest BCUT2D eigenvalue weighted by molar-refractivity contribution is 0.753. The minimum absolute atomic E-state index is 0.668. The second kappa shape index (κ2) is 7.38. The van der Waals surface area contributed by atoms with Crippen molar-refractivity contribution < 1.29 is 0 Å². The molecule has 3 aromatic heterocycles. The van der Waals surface area contributed by atoms with Crippen LogP contribution in [0.1, 0.15) is 19.0 Å². The monoisotopic (exact) mass is 436 g/mol. The number of aromatic nitrogens is 6. The number of rotatable bonds is 4. The zero-order chi connectivity index (χ0) is 20.8. The molecule has 0 amide bonds. The Morgan fingerprint density at radius 3 is 2.03 bits per heavy atom. The fraction of sp³-hybridized carbons (Fsp3) is 0.182. The van der Waals surface area contributed by atoms with Gasteiger partial charge in [0.2, 0.25) is 0 Å². The van der Waals surface area contributed by atoms with Crippen LogP contribution in [0.2, 0.25) is 10.0 Å². The summed E-state index contributed by atoms with van der Waals surface area (Å²) in [6.07, 6.45) is 1.83. The molecule has 0 saturated heterocycles. The third-order valence-electron chi connectivity index (χ3n) is 5.09. The zero-order valence-electron chi connectivity index (χ0n) is 16.5. The smallest absolute Gasteiger partial charge is 0.190 e. The molecule has 0 fully saturated rings. The zero-order valence-corrected chi connectivity index (χ0v) is 18.0. The minimum atomic E-state index is 0.668. The van der Waals surface area contributed by atoms with Crippen LogP contribution < -0.4 is 0 Å². The number of aryl methyl sites for hydroxylation is 2. The van der Waals surface area contributed by atoms with E-state index >= 15 is 0 Å². The van der Waals surface area contributed by atoms with Crippen LogP contribution in [0.25, 0.3) is 39.5 Å². The first-order valence-corrected chi connectivity index (χ1v) is 10.4. The highest BCUT2D eigenvalue weighted by molar-refractivity contribution is 6.30. The summed E-state index contributed by atoms with van der Waals surface area (Å²) in [6, 6.07) is 15.2. The van der Waals surface area contributed by atoms with Gasteiger partial charge < -0.3 is 0 Å². The Balaban J connectivity index is 1.89. The minimum Gasteiger partial charge on any atom is -0.262 e. The number of halogens is 2. The standard InChI is InChI=1S/C22H18Cl2N6/c1-3-4-17-18-19(29(2)28-17)22-27-26-21(14-7-11-16(24)12-8-14)30(22)20(25-18)13-5-9-15(23)10-6-13/h5-12H,3-4H2,1-2H3. The molecule has 8 heteroatoms. The van der Waals surface area contributed by atoms with E-state index in [-0.39, 0.29) is 0 Å². The SMILES string of the molecule is CCCc1nn(C)c2c1nc(-c1ccc(Cl)cc1)n1c(-c3ccc(Cl)cc3)nnc21. The van der Waals surface area contributed by atoms with Crippen molar-refractivity contribution in [2.45, 2.75) is 19.8 Å². The predicted octanol–water partition coefficient (Wildman–Crippen LogP) is 5.60. The highest BCUT2D eigenvalue weighted by Crippen LogP contribution is 2.31. The van der Waals surface area contributed by atoms with E-state index < -0.39 is 0 Å². The van der Waals surface area contributed by atoms with Gasteiger partial charge in [-0.2, -0.15) is 5.10 Å². The molecule has 30 heavy (non-hydrogen) atoms. The van der Waals surface area contributed by atoms with E-state index in [1.165, 1.54) is 0 Å². The summed E-state index contributed by atoms with van der Waals surface area (Å²) in [5, 5.41) is 15.1. The Labute approximate surface area is 183 Å². The Morgan fingerprint density at radius 1 is 0.833 bits per heavy atom. The van der Waals surface area contributed by atoms with Crippen LogP contribution in [-0.4, -0.2) is 29.4 Å². The van der Waals surface area contributed by atoms with E-state index in [2.05, 4.69) is 17.1 Å². The molecule has 2 aromatic carbocycles. The van der Waals surface area contributed by atoms with Crippen LogP contribution in [0.3, 0.4) is 0 Å². The average Bonchev–Trinajstić information content (AvgIpc) is 3.31. The Morgan fingerprint density at radius 2 is 1.43 bits per heavy atom. The van der Waals surface area contributed by atoms with Crippen LogP contribution in [0, 0.1) is 0 Å². The van der Waals surface area contributed by atoms with Gasteiger partial charge in [-0.3, -0.25) is 9.08 Å². The topological polar surface area (TPSA) is 60.9 Å². The Hall–Kier alpha value is -2.96. The molecule has 0 aliphatic rings. The van der Waals surface area contributed by atoms with Gasteiger partial charge >= 0.3 is 0 Å². The third-order valence-corrected chi connectivity index (χ3v) is 5.59. The van der Waals surface area contributed by atoms with E-state index in [0.29, 0.717) is 21.5 Å². The summed E-state index contributed by atoms with van der Waals surface area (Å²) < 4.78 is 3.82. The van der Waals surface area contributed by atoms with Gasteiger partial charge in [0.1, 0.15) is 16.9 Å². The lowest BCUT2D eigenvalue weighted by atomic mass is 10.1. The molecule has 0 unspecified atom stereocenters. The van der Waals surface area contributed by atoms with Crippen LogP contribution in [-0.2, 0) is 13.5 Å². The molecule has 0 atom stereocenters. The van der Waals surface area contributed by atoms with E-state index in [0.717, 1.165) is 46.5 Å². The molecule has 0 bridgehead atoms. The number of fused-ring (bicyclic) bond motifs is 3. The molecule has 5 aromatic rings. The van der Waals surface area contributed by atoms with Crippen molar-refractivity contribution in [3.8, 4) is 22.8 Å². The summed E-state index contributed by atoms with van der Waals surface area (Å²) >= 11 is 12.2. The molecule has 0 N–H and O–H groups in total. The maximum absolute atomic E-state index is 6.13. The van der Waals surface area contributed by atoms with Crippen molar-refractivity contribution in [2.75, 3.05) is 0 Å². The molecule has 150 valence electrons.